The summed E-state index contributed by atoms with van der Waals surface area (Å²) >= 11 is 0. The zero-order chi connectivity index (χ0) is 17.9. The summed E-state index contributed by atoms with van der Waals surface area (Å²) in [5, 5.41) is 11.4. The van der Waals surface area contributed by atoms with E-state index >= 15 is 0 Å². The van der Waals surface area contributed by atoms with Crippen molar-refractivity contribution in [1.82, 2.24) is 20.4 Å². The molecule has 4 heteroatoms. The highest BCUT2D eigenvalue weighted by molar-refractivity contribution is 5.82. The third kappa shape index (κ3) is 3.26. The summed E-state index contributed by atoms with van der Waals surface area (Å²) in [4.78, 5) is 4.60. The van der Waals surface area contributed by atoms with Crippen LogP contribution >= 0.6 is 0 Å². The second kappa shape index (κ2) is 6.92. The first-order valence-electron chi connectivity index (χ1n) is 8.70. The molecule has 4 rings (SSSR count). The van der Waals surface area contributed by atoms with Gasteiger partial charge in [0.2, 0.25) is 0 Å². The number of pyridine rings is 1. The Kier molecular flexibility index (Phi) is 4.32. The first-order valence-corrected chi connectivity index (χ1v) is 8.70. The number of nitrogens with one attached hydrogen (secondary N) is 1. The minimum absolute atomic E-state index is 0.831. The molecule has 0 amide bonds. The Morgan fingerprint density at radius 3 is 2.73 bits per heavy atom. The van der Waals surface area contributed by atoms with Crippen LogP contribution in [0.1, 0.15) is 24.7 Å². The van der Waals surface area contributed by atoms with E-state index in [2.05, 4.69) is 75.9 Å². The van der Waals surface area contributed by atoms with E-state index in [1.807, 2.05) is 25.1 Å². The first kappa shape index (κ1) is 16.2. The number of aromatic nitrogens is 4. The maximum atomic E-state index is 4.60. The predicted octanol–water partition coefficient (Wildman–Crippen LogP) is 4.89. The number of hydrogen-bond donors (Lipinski definition) is 1. The van der Waals surface area contributed by atoms with Crippen LogP contribution in [0.2, 0.25) is 0 Å². The van der Waals surface area contributed by atoms with E-state index in [1.165, 1.54) is 16.7 Å². The standard InChI is InChI=1S/C22H20N4/c1-15-6-3-4-8-17-10-11-18(12-13-19(17)14-15)21-22(25-26-24-21)20-9-5-7-16(2)23-20/h3-12,14H,13H2,1-2H3,(H,24,25,26)/b4-3+,6-3?,8-4?,15-6-,15-14?,17-8+,19-14-. The van der Waals surface area contributed by atoms with Crippen molar-refractivity contribution in [3.63, 3.8) is 0 Å². The fourth-order valence-electron chi connectivity index (χ4n) is 3.15. The maximum absolute atomic E-state index is 4.60. The molecule has 2 aromatic rings. The minimum Gasteiger partial charge on any atom is -0.255 e. The molecule has 26 heavy (non-hydrogen) atoms. The first-order chi connectivity index (χ1) is 12.7. The van der Waals surface area contributed by atoms with Crippen LogP contribution in [0, 0.1) is 6.92 Å². The van der Waals surface area contributed by atoms with Crippen LogP contribution in [0.5, 0.6) is 0 Å². The molecule has 128 valence electrons. The van der Waals surface area contributed by atoms with Crippen molar-refractivity contribution in [2.24, 2.45) is 0 Å². The van der Waals surface area contributed by atoms with Crippen LogP contribution in [0.4, 0.5) is 0 Å². The van der Waals surface area contributed by atoms with Gasteiger partial charge in [-0.2, -0.15) is 0 Å². The number of fused-ring (bicyclic) bond motifs is 1. The Balaban J connectivity index is 1.75. The SMILES string of the molecule is CC1=C/C=C/C=C2\C=CC(c3nn[nH]c3-c3cccc(C)n3)=CC\C2=C\1. The summed E-state index contributed by atoms with van der Waals surface area (Å²) in [6.07, 6.45) is 18.0. The minimum atomic E-state index is 0.831. The van der Waals surface area contributed by atoms with E-state index in [4.69, 9.17) is 0 Å². The number of nitrogens with zero attached hydrogens (tertiary/aromatic N) is 3. The lowest BCUT2D eigenvalue weighted by molar-refractivity contribution is 0.936. The van der Waals surface area contributed by atoms with Crippen LogP contribution in [-0.2, 0) is 0 Å². The third-order valence-electron chi connectivity index (χ3n) is 4.47. The molecule has 0 atom stereocenters. The van der Waals surface area contributed by atoms with E-state index < -0.39 is 0 Å². The molecule has 2 aliphatic rings. The van der Waals surface area contributed by atoms with Crippen LogP contribution in [-0.4, -0.2) is 20.4 Å². The third-order valence-corrected chi connectivity index (χ3v) is 4.47. The highest BCUT2D eigenvalue weighted by Gasteiger charge is 2.16. The fourth-order valence-corrected chi connectivity index (χ4v) is 3.15. The van der Waals surface area contributed by atoms with Gasteiger partial charge in [-0.3, -0.25) is 10.1 Å². The van der Waals surface area contributed by atoms with Crippen LogP contribution in [0.25, 0.3) is 17.0 Å². The van der Waals surface area contributed by atoms with Crippen molar-refractivity contribution in [3.05, 3.63) is 94.9 Å². The van der Waals surface area contributed by atoms with Gasteiger partial charge in [-0.25, -0.2) is 0 Å². The van der Waals surface area contributed by atoms with Gasteiger partial charge in [0.1, 0.15) is 11.4 Å². The molecule has 2 heterocycles. The molecule has 0 aliphatic heterocycles. The van der Waals surface area contributed by atoms with E-state index in [1.54, 1.807) is 0 Å². The average molecular weight is 340 g/mol. The molecular weight excluding hydrogens is 320 g/mol. The van der Waals surface area contributed by atoms with Gasteiger partial charge in [-0.05, 0) is 43.5 Å². The number of H-pyrrole nitrogens is 1. The lowest BCUT2D eigenvalue weighted by atomic mass is 9.99. The molecular formula is C22H20N4. The van der Waals surface area contributed by atoms with Crippen molar-refractivity contribution >= 4 is 5.57 Å². The number of allylic oxidation sites excluding steroid dienone is 12. The molecule has 0 aromatic carbocycles. The van der Waals surface area contributed by atoms with Gasteiger partial charge in [-0.1, -0.05) is 65.5 Å². The van der Waals surface area contributed by atoms with Crippen LogP contribution in [0.15, 0.2) is 83.5 Å². The van der Waals surface area contributed by atoms with Crippen molar-refractivity contribution < 1.29 is 0 Å². The van der Waals surface area contributed by atoms with Gasteiger partial charge < -0.3 is 0 Å². The highest BCUT2D eigenvalue weighted by Crippen LogP contribution is 2.31. The summed E-state index contributed by atoms with van der Waals surface area (Å²) in [6.45, 7) is 4.11. The summed E-state index contributed by atoms with van der Waals surface area (Å²) in [5.74, 6) is 0. The normalized spacial score (nSPS) is 23.8. The van der Waals surface area contributed by atoms with E-state index in [-0.39, 0.29) is 0 Å². The lowest BCUT2D eigenvalue weighted by Crippen LogP contribution is -1.91. The molecule has 0 fully saturated rings. The monoisotopic (exact) mass is 340 g/mol. The second-order valence-electron chi connectivity index (χ2n) is 6.48. The topological polar surface area (TPSA) is 54.5 Å². The Bertz CT molecular complexity index is 1030. The zero-order valence-electron chi connectivity index (χ0n) is 14.9. The molecule has 1 N–H and O–H groups in total. The molecule has 2 aromatic heterocycles. The van der Waals surface area contributed by atoms with Crippen molar-refractivity contribution in [3.8, 4) is 11.4 Å². The van der Waals surface area contributed by atoms with Gasteiger partial charge >= 0.3 is 0 Å². The molecule has 0 radical (unpaired) electrons. The molecule has 0 unspecified atom stereocenters. The molecule has 0 saturated carbocycles. The van der Waals surface area contributed by atoms with Crippen LogP contribution in [0.3, 0.4) is 0 Å². The van der Waals surface area contributed by atoms with Crippen molar-refractivity contribution in [1.29, 1.82) is 0 Å². The Morgan fingerprint density at radius 1 is 1.00 bits per heavy atom. The van der Waals surface area contributed by atoms with Crippen molar-refractivity contribution in [2.45, 2.75) is 20.3 Å². The smallest absolute Gasteiger partial charge is 0.122 e. The van der Waals surface area contributed by atoms with Gasteiger partial charge in [-0.15, -0.1) is 5.10 Å². The summed E-state index contributed by atoms with van der Waals surface area (Å²) in [5.41, 5.74) is 8.33. The van der Waals surface area contributed by atoms with Gasteiger partial charge in [0.25, 0.3) is 0 Å². The van der Waals surface area contributed by atoms with E-state index in [0.717, 1.165) is 34.8 Å². The highest BCUT2D eigenvalue weighted by atomic mass is 15.3. The summed E-state index contributed by atoms with van der Waals surface area (Å²) in [7, 11) is 0. The van der Waals surface area contributed by atoms with Gasteiger partial charge in [0.15, 0.2) is 0 Å². The second-order valence-corrected chi connectivity index (χ2v) is 6.48. The molecule has 0 spiro atoms. The number of aryl methyl sites for hydroxylation is 1. The Morgan fingerprint density at radius 2 is 1.85 bits per heavy atom. The Labute approximate surface area is 153 Å². The van der Waals surface area contributed by atoms with Gasteiger partial charge in [0, 0.05) is 11.3 Å². The largest absolute Gasteiger partial charge is 0.255 e. The number of aromatic amines is 1. The predicted molar refractivity (Wildman–Crippen MR) is 105 cm³/mol. The molecule has 4 nitrogen and oxygen atoms in total. The zero-order valence-corrected chi connectivity index (χ0v) is 14.9. The summed E-state index contributed by atoms with van der Waals surface area (Å²) < 4.78 is 0. The van der Waals surface area contributed by atoms with E-state index in [9.17, 15) is 0 Å². The molecule has 2 aliphatic carbocycles. The van der Waals surface area contributed by atoms with Gasteiger partial charge in [0.05, 0.1) is 5.69 Å². The lowest BCUT2D eigenvalue weighted by Gasteiger charge is -2.06. The summed E-state index contributed by atoms with van der Waals surface area (Å²) in [6, 6.07) is 5.96. The molecule has 0 bridgehead atoms. The van der Waals surface area contributed by atoms with Crippen molar-refractivity contribution in [2.75, 3.05) is 0 Å². The average Bonchev–Trinajstić information content (AvgIpc) is 3.02. The number of hydrogen-bond acceptors (Lipinski definition) is 3. The van der Waals surface area contributed by atoms with Crippen LogP contribution < -0.4 is 0 Å². The number of rotatable bonds is 2. The van der Waals surface area contributed by atoms with E-state index in [0.29, 0.717) is 0 Å². The molecule has 0 saturated heterocycles. The fraction of sp³-hybridized carbons (Fsp3) is 0.136. The maximum Gasteiger partial charge on any atom is 0.122 e. The Hall–Kier alpha value is -3.27. The quantitative estimate of drug-likeness (QED) is 0.847.